The molecule has 0 aliphatic heterocycles. The molecule has 4 heteroatoms. The zero-order valence-corrected chi connectivity index (χ0v) is 12.1. The SMILES string of the molecule is CCn1nc(C)cc1CC(Cc1ccsc1)NC. The van der Waals surface area contributed by atoms with Gasteiger partial charge in [-0.05, 0) is 55.8 Å². The van der Waals surface area contributed by atoms with Crippen molar-refractivity contribution in [1.82, 2.24) is 15.1 Å². The van der Waals surface area contributed by atoms with Crippen LogP contribution < -0.4 is 5.32 Å². The predicted molar refractivity (Wildman–Crippen MR) is 77.2 cm³/mol. The average Bonchev–Trinajstić information content (AvgIpc) is 2.98. The zero-order chi connectivity index (χ0) is 13.0. The van der Waals surface area contributed by atoms with Gasteiger partial charge in [-0.2, -0.15) is 16.4 Å². The van der Waals surface area contributed by atoms with Crippen molar-refractivity contribution in [3.63, 3.8) is 0 Å². The van der Waals surface area contributed by atoms with E-state index in [-0.39, 0.29) is 0 Å². The highest BCUT2D eigenvalue weighted by Crippen LogP contribution is 2.13. The zero-order valence-electron chi connectivity index (χ0n) is 11.3. The van der Waals surface area contributed by atoms with Gasteiger partial charge in [0.25, 0.3) is 0 Å². The van der Waals surface area contributed by atoms with Crippen molar-refractivity contribution in [2.75, 3.05) is 7.05 Å². The quantitative estimate of drug-likeness (QED) is 0.868. The molecule has 0 saturated carbocycles. The van der Waals surface area contributed by atoms with Crippen molar-refractivity contribution < 1.29 is 0 Å². The minimum Gasteiger partial charge on any atom is -0.316 e. The molecule has 2 heterocycles. The number of thiophene rings is 1. The van der Waals surface area contributed by atoms with Gasteiger partial charge in [0.2, 0.25) is 0 Å². The van der Waals surface area contributed by atoms with Crippen LogP contribution in [0.25, 0.3) is 0 Å². The third-order valence-corrected chi connectivity index (χ3v) is 3.94. The Morgan fingerprint density at radius 1 is 1.44 bits per heavy atom. The van der Waals surface area contributed by atoms with Crippen LogP contribution in [0.1, 0.15) is 23.9 Å². The summed E-state index contributed by atoms with van der Waals surface area (Å²) in [6.07, 6.45) is 2.11. The van der Waals surface area contributed by atoms with Gasteiger partial charge in [-0.15, -0.1) is 0 Å². The molecule has 0 bridgehead atoms. The monoisotopic (exact) mass is 263 g/mol. The summed E-state index contributed by atoms with van der Waals surface area (Å²) in [6, 6.07) is 4.87. The number of hydrogen-bond acceptors (Lipinski definition) is 3. The van der Waals surface area contributed by atoms with E-state index in [1.165, 1.54) is 11.3 Å². The van der Waals surface area contributed by atoms with Crippen molar-refractivity contribution in [3.05, 3.63) is 39.8 Å². The Balaban J connectivity index is 2.05. The summed E-state index contributed by atoms with van der Waals surface area (Å²) in [4.78, 5) is 0. The molecule has 1 atom stereocenters. The normalized spacial score (nSPS) is 12.8. The van der Waals surface area contributed by atoms with Crippen molar-refractivity contribution in [2.45, 2.75) is 39.3 Å². The third-order valence-electron chi connectivity index (χ3n) is 3.21. The number of aromatic nitrogens is 2. The van der Waals surface area contributed by atoms with Crippen LogP contribution in [0.15, 0.2) is 22.9 Å². The lowest BCUT2D eigenvalue weighted by molar-refractivity contribution is 0.520. The topological polar surface area (TPSA) is 29.9 Å². The fraction of sp³-hybridized carbons (Fsp3) is 0.500. The number of likely N-dealkylation sites (N-methyl/N-ethyl adjacent to an activating group) is 1. The highest BCUT2D eigenvalue weighted by Gasteiger charge is 2.12. The molecule has 0 spiro atoms. The van der Waals surface area contributed by atoms with Crippen molar-refractivity contribution in [3.8, 4) is 0 Å². The van der Waals surface area contributed by atoms with Gasteiger partial charge < -0.3 is 5.32 Å². The van der Waals surface area contributed by atoms with E-state index in [4.69, 9.17) is 0 Å². The summed E-state index contributed by atoms with van der Waals surface area (Å²) in [5.74, 6) is 0. The minimum absolute atomic E-state index is 0.473. The van der Waals surface area contributed by atoms with Crippen LogP contribution in [0.4, 0.5) is 0 Å². The van der Waals surface area contributed by atoms with Crippen LogP contribution >= 0.6 is 11.3 Å². The molecular formula is C14H21N3S. The standard InChI is InChI=1S/C14H21N3S/c1-4-17-14(7-11(2)16-17)9-13(15-3)8-12-5-6-18-10-12/h5-7,10,13,15H,4,8-9H2,1-3H3. The van der Waals surface area contributed by atoms with Crippen molar-refractivity contribution in [1.29, 1.82) is 0 Å². The molecule has 0 amide bonds. The summed E-state index contributed by atoms with van der Waals surface area (Å²) in [7, 11) is 2.04. The fourth-order valence-corrected chi connectivity index (χ4v) is 2.94. The maximum Gasteiger partial charge on any atom is 0.0596 e. The van der Waals surface area contributed by atoms with Crippen molar-refractivity contribution >= 4 is 11.3 Å². The average molecular weight is 263 g/mol. The predicted octanol–water partition coefficient (Wildman–Crippen LogP) is 2.65. The lowest BCUT2D eigenvalue weighted by Crippen LogP contribution is -2.30. The molecule has 1 unspecified atom stereocenters. The summed E-state index contributed by atoms with van der Waals surface area (Å²) in [5.41, 5.74) is 3.85. The van der Waals surface area contributed by atoms with E-state index < -0.39 is 0 Å². The molecule has 2 rings (SSSR count). The van der Waals surface area contributed by atoms with Gasteiger partial charge >= 0.3 is 0 Å². The molecule has 2 aromatic heterocycles. The number of aryl methyl sites for hydroxylation is 2. The first kappa shape index (κ1) is 13.3. The molecule has 2 aromatic rings. The lowest BCUT2D eigenvalue weighted by atomic mass is 10.0. The Morgan fingerprint density at radius 2 is 2.28 bits per heavy atom. The molecule has 0 fully saturated rings. The highest BCUT2D eigenvalue weighted by atomic mass is 32.1. The van der Waals surface area contributed by atoms with Crippen LogP contribution in [0.3, 0.4) is 0 Å². The molecule has 18 heavy (non-hydrogen) atoms. The maximum atomic E-state index is 4.50. The van der Waals surface area contributed by atoms with E-state index in [0.29, 0.717) is 6.04 Å². The van der Waals surface area contributed by atoms with Gasteiger partial charge in [0.15, 0.2) is 0 Å². The first-order valence-electron chi connectivity index (χ1n) is 6.44. The van der Waals surface area contributed by atoms with Gasteiger partial charge in [-0.3, -0.25) is 4.68 Å². The van der Waals surface area contributed by atoms with Gasteiger partial charge in [0.1, 0.15) is 0 Å². The molecular weight excluding hydrogens is 242 g/mol. The molecule has 0 saturated heterocycles. The smallest absolute Gasteiger partial charge is 0.0596 e. The first-order valence-corrected chi connectivity index (χ1v) is 7.39. The Labute approximate surface area is 113 Å². The fourth-order valence-electron chi connectivity index (χ4n) is 2.26. The summed E-state index contributed by atoms with van der Waals surface area (Å²) >= 11 is 1.76. The first-order chi connectivity index (χ1) is 8.72. The van der Waals surface area contributed by atoms with Gasteiger partial charge in [-0.1, -0.05) is 0 Å². The van der Waals surface area contributed by atoms with Crippen LogP contribution in [-0.4, -0.2) is 22.9 Å². The van der Waals surface area contributed by atoms with Crippen molar-refractivity contribution in [2.24, 2.45) is 0 Å². The van der Waals surface area contributed by atoms with Crippen LogP contribution in [0.5, 0.6) is 0 Å². The van der Waals surface area contributed by atoms with Crippen LogP contribution in [0, 0.1) is 6.92 Å². The molecule has 98 valence electrons. The molecule has 0 aliphatic carbocycles. The van der Waals surface area contributed by atoms with E-state index in [9.17, 15) is 0 Å². The molecule has 1 N–H and O–H groups in total. The summed E-state index contributed by atoms with van der Waals surface area (Å²) < 4.78 is 2.10. The largest absolute Gasteiger partial charge is 0.316 e. The highest BCUT2D eigenvalue weighted by molar-refractivity contribution is 7.07. The second-order valence-corrected chi connectivity index (χ2v) is 5.40. The van der Waals surface area contributed by atoms with E-state index in [1.54, 1.807) is 11.3 Å². The Kier molecular flexibility index (Phi) is 4.55. The molecule has 3 nitrogen and oxygen atoms in total. The lowest BCUT2D eigenvalue weighted by Gasteiger charge is -2.16. The Morgan fingerprint density at radius 3 is 2.89 bits per heavy atom. The number of nitrogens with zero attached hydrogens (tertiary/aromatic N) is 2. The molecule has 0 aliphatic rings. The van der Waals surface area contributed by atoms with E-state index in [0.717, 1.165) is 25.1 Å². The van der Waals surface area contributed by atoms with Gasteiger partial charge in [0.05, 0.1) is 5.69 Å². The maximum absolute atomic E-state index is 4.50. The minimum atomic E-state index is 0.473. The van der Waals surface area contributed by atoms with Gasteiger partial charge in [0, 0.05) is 24.7 Å². The summed E-state index contributed by atoms with van der Waals surface area (Å²) in [6.45, 7) is 5.14. The van der Waals surface area contributed by atoms with Crippen LogP contribution in [-0.2, 0) is 19.4 Å². The molecule has 0 radical (unpaired) electrons. The van der Waals surface area contributed by atoms with E-state index in [1.807, 2.05) is 7.05 Å². The number of hydrogen-bond donors (Lipinski definition) is 1. The van der Waals surface area contributed by atoms with E-state index in [2.05, 4.69) is 51.8 Å². The Bertz CT molecular complexity index is 473. The molecule has 0 aromatic carbocycles. The van der Waals surface area contributed by atoms with E-state index >= 15 is 0 Å². The Hall–Kier alpha value is -1.13. The summed E-state index contributed by atoms with van der Waals surface area (Å²) in [5, 5.41) is 12.3. The van der Waals surface area contributed by atoms with Crippen LogP contribution in [0.2, 0.25) is 0 Å². The third kappa shape index (κ3) is 3.21. The van der Waals surface area contributed by atoms with Gasteiger partial charge in [-0.25, -0.2) is 0 Å². The number of rotatable bonds is 6. The second kappa shape index (κ2) is 6.16. The number of nitrogens with one attached hydrogen (secondary N) is 1. The second-order valence-electron chi connectivity index (χ2n) is 4.62.